The van der Waals surface area contributed by atoms with Gasteiger partial charge in [0.15, 0.2) is 0 Å². The molecule has 88 valence electrons. The lowest BCUT2D eigenvalue weighted by Crippen LogP contribution is -2.29. The van der Waals surface area contributed by atoms with Crippen molar-refractivity contribution >= 4 is 11.6 Å². The van der Waals surface area contributed by atoms with Crippen molar-refractivity contribution < 1.29 is 9.59 Å². The molecule has 5 nitrogen and oxygen atoms in total. The van der Waals surface area contributed by atoms with Crippen LogP contribution in [-0.4, -0.2) is 35.5 Å². The fourth-order valence-corrected chi connectivity index (χ4v) is 1.89. The molecule has 5 heteroatoms. The molecule has 17 heavy (non-hydrogen) atoms. The van der Waals surface area contributed by atoms with E-state index in [0.717, 1.165) is 0 Å². The molecule has 0 spiro atoms. The third kappa shape index (κ3) is 1.69. The smallest absolute Gasteiger partial charge is 0.248 e. The zero-order valence-electron chi connectivity index (χ0n) is 9.83. The zero-order chi connectivity index (χ0) is 12.7. The molecule has 0 aromatic carbocycles. The van der Waals surface area contributed by atoms with Gasteiger partial charge in [0, 0.05) is 26.2 Å². The number of likely N-dealkylation sites (N-methyl/N-ethyl adjacent to an activating group) is 1. The average molecular weight is 232 g/mol. The van der Waals surface area contributed by atoms with Crippen LogP contribution in [0.3, 0.4) is 0 Å². The van der Waals surface area contributed by atoms with Gasteiger partial charge >= 0.3 is 0 Å². The fraction of sp³-hybridized carbons (Fsp3) is 0.250. The number of aryl methyl sites for hydroxylation is 1. The number of fused-ring (bicyclic) bond motifs is 1. The molecule has 0 aliphatic heterocycles. The summed E-state index contributed by atoms with van der Waals surface area (Å²) in [7, 11) is 3.39. The van der Waals surface area contributed by atoms with Crippen LogP contribution >= 0.6 is 0 Å². The number of pyridine rings is 1. The first-order valence-electron chi connectivity index (χ1n) is 5.14. The summed E-state index contributed by atoms with van der Waals surface area (Å²) in [6.07, 6.45) is 1.25. The van der Waals surface area contributed by atoms with Crippen molar-refractivity contribution in [2.45, 2.75) is 6.92 Å². The highest BCUT2D eigenvalue weighted by Gasteiger charge is 2.29. The molecule has 1 N–H and O–H groups in total. The second-order valence-electron chi connectivity index (χ2n) is 4.18. The molecule has 0 saturated carbocycles. The zero-order valence-corrected chi connectivity index (χ0v) is 9.83. The normalized spacial score (nSPS) is 14.4. The topological polar surface area (TPSA) is 70.2 Å². The maximum absolute atomic E-state index is 12.2. The summed E-state index contributed by atoms with van der Waals surface area (Å²) < 4.78 is 0. The highest BCUT2D eigenvalue weighted by molar-refractivity contribution is 6.23. The molecule has 0 saturated heterocycles. The van der Waals surface area contributed by atoms with Crippen molar-refractivity contribution in [1.82, 2.24) is 9.88 Å². The quantitative estimate of drug-likeness (QED) is 0.765. The molecule has 2 rings (SSSR count). The first-order valence-corrected chi connectivity index (χ1v) is 5.14. The predicted molar refractivity (Wildman–Crippen MR) is 62.2 cm³/mol. The number of rotatable bonds is 1. The van der Waals surface area contributed by atoms with Gasteiger partial charge in [-0.3, -0.25) is 14.4 Å². The Bertz CT molecular complexity index is 609. The van der Waals surface area contributed by atoms with Crippen molar-refractivity contribution in [2.24, 2.45) is 0 Å². The van der Waals surface area contributed by atoms with E-state index >= 15 is 0 Å². The van der Waals surface area contributed by atoms with Crippen molar-refractivity contribution in [3.8, 4) is 0 Å². The summed E-state index contributed by atoms with van der Waals surface area (Å²) in [5, 5.41) is 0. The lowest BCUT2D eigenvalue weighted by molar-refractivity contribution is 0.0958. The van der Waals surface area contributed by atoms with Gasteiger partial charge in [-0.2, -0.15) is 0 Å². The van der Waals surface area contributed by atoms with Gasteiger partial charge in [-0.25, -0.2) is 0 Å². The monoisotopic (exact) mass is 232 g/mol. The second-order valence-corrected chi connectivity index (χ2v) is 4.18. The molecule has 1 aromatic heterocycles. The molecule has 0 atom stereocenters. The van der Waals surface area contributed by atoms with Gasteiger partial charge in [-0.05, 0) is 12.5 Å². The molecule has 1 aromatic rings. The Balaban J connectivity index is 2.73. The summed E-state index contributed by atoms with van der Waals surface area (Å²) >= 11 is 0. The molecule has 1 heterocycles. The van der Waals surface area contributed by atoms with E-state index in [0.29, 0.717) is 16.8 Å². The van der Waals surface area contributed by atoms with E-state index in [1.165, 1.54) is 12.1 Å². The van der Waals surface area contributed by atoms with Gasteiger partial charge in [0.05, 0.1) is 11.3 Å². The lowest BCUT2D eigenvalue weighted by atomic mass is 9.93. The third-order valence-electron chi connectivity index (χ3n) is 2.70. The van der Waals surface area contributed by atoms with Gasteiger partial charge in [0.25, 0.3) is 0 Å². The lowest BCUT2D eigenvalue weighted by Gasteiger charge is -2.21. The van der Waals surface area contributed by atoms with Crippen LogP contribution in [0.15, 0.2) is 22.6 Å². The van der Waals surface area contributed by atoms with E-state index in [-0.39, 0.29) is 22.8 Å². The summed E-state index contributed by atoms with van der Waals surface area (Å²) in [5.74, 6) is -0.581. The minimum Gasteiger partial charge on any atom is -0.374 e. The SMILES string of the molecule is Cc1cc(=O)[nH]c2c1C(=O)C(N(C)C)=CC2=O. The number of H-pyrrole nitrogens is 1. The molecule has 1 aliphatic rings. The van der Waals surface area contributed by atoms with Gasteiger partial charge < -0.3 is 9.88 Å². The molecule has 1 aliphatic carbocycles. The van der Waals surface area contributed by atoms with E-state index in [9.17, 15) is 14.4 Å². The number of aromatic nitrogens is 1. The van der Waals surface area contributed by atoms with Crippen molar-refractivity contribution in [3.63, 3.8) is 0 Å². The van der Waals surface area contributed by atoms with E-state index in [4.69, 9.17) is 0 Å². The number of nitrogens with zero attached hydrogens (tertiary/aromatic N) is 1. The van der Waals surface area contributed by atoms with Crippen LogP contribution in [-0.2, 0) is 0 Å². The van der Waals surface area contributed by atoms with Crippen LogP contribution in [0.5, 0.6) is 0 Å². The number of hydrogen-bond acceptors (Lipinski definition) is 4. The number of carbonyl (C=O) groups is 2. The summed E-state index contributed by atoms with van der Waals surface area (Å²) in [6, 6.07) is 1.32. The van der Waals surface area contributed by atoms with Crippen molar-refractivity contribution in [2.75, 3.05) is 14.1 Å². The van der Waals surface area contributed by atoms with Crippen LogP contribution < -0.4 is 5.56 Å². The fourth-order valence-electron chi connectivity index (χ4n) is 1.89. The van der Waals surface area contributed by atoms with Crippen LogP contribution in [0.2, 0.25) is 0 Å². The molecular formula is C12H12N2O3. The Hall–Kier alpha value is -2.17. The van der Waals surface area contributed by atoms with Gasteiger partial charge in [0.1, 0.15) is 5.69 Å². The third-order valence-corrected chi connectivity index (χ3v) is 2.70. The number of carbonyl (C=O) groups excluding carboxylic acids is 2. The van der Waals surface area contributed by atoms with E-state index < -0.39 is 0 Å². The predicted octanol–water partition coefficient (Wildman–Crippen LogP) is 0.508. The summed E-state index contributed by atoms with van der Waals surface area (Å²) in [5.41, 5.74) is 0.864. The first-order chi connectivity index (χ1) is 7.91. The summed E-state index contributed by atoms with van der Waals surface area (Å²) in [6.45, 7) is 1.65. The number of Topliss-reactive ketones (excluding diaryl/α,β-unsaturated/α-hetero) is 1. The Labute approximate surface area is 97.8 Å². The van der Waals surface area contributed by atoms with Crippen LogP contribution in [0.4, 0.5) is 0 Å². The number of aromatic amines is 1. The Kier molecular flexibility index (Phi) is 2.46. The molecule has 0 fully saturated rings. The highest BCUT2D eigenvalue weighted by atomic mass is 16.1. The van der Waals surface area contributed by atoms with Gasteiger partial charge in [-0.15, -0.1) is 0 Å². The standard InChI is InChI=1S/C12H12N2O3/c1-6-4-9(16)13-11-8(15)5-7(14(2)3)12(17)10(6)11/h4-5H,1-3H3,(H,13,16). The van der Waals surface area contributed by atoms with Crippen molar-refractivity contribution in [3.05, 3.63) is 45.0 Å². The number of hydrogen-bond donors (Lipinski definition) is 1. The average Bonchev–Trinajstić information content (AvgIpc) is 2.21. The number of allylic oxidation sites excluding steroid dienone is 2. The number of nitrogens with one attached hydrogen (secondary N) is 1. The summed E-state index contributed by atoms with van der Waals surface area (Å²) in [4.78, 5) is 39.3. The van der Waals surface area contributed by atoms with E-state index in [1.807, 2.05) is 0 Å². The van der Waals surface area contributed by atoms with E-state index in [2.05, 4.69) is 4.98 Å². The maximum Gasteiger partial charge on any atom is 0.248 e. The van der Waals surface area contributed by atoms with Gasteiger partial charge in [-0.1, -0.05) is 0 Å². The first kappa shape index (κ1) is 11.3. The molecule has 0 bridgehead atoms. The largest absolute Gasteiger partial charge is 0.374 e. The maximum atomic E-state index is 12.2. The molecule has 0 radical (unpaired) electrons. The number of ketones is 2. The minimum atomic E-state index is -0.371. The Morgan fingerprint density at radius 3 is 2.41 bits per heavy atom. The van der Waals surface area contributed by atoms with Crippen LogP contribution in [0.25, 0.3) is 0 Å². The molecular weight excluding hydrogens is 220 g/mol. The van der Waals surface area contributed by atoms with Gasteiger partial charge in [0.2, 0.25) is 17.1 Å². The van der Waals surface area contributed by atoms with Crippen LogP contribution in [0.1, 0.15) is 26.4 Å². The van der Waals surface area contributed by atoms with E-state index in [1.54, 1.807) is 25.9 Å². The minimum absolute atomic E-state index is 0.0885. The molecule has 0 amide bonds. The Morgan fingerprint density at radius 1 is 1.18 bits per heavy atom. The second kappa shape index (κ2) is 3.69. The highest BCUT2D eigenvalue weighted by Crippen LogP contribution is 2.22. The van der Waals surface area contributed by atoms with Crippen molar-refractivity contribution in [1.29, 1.82) is 0 Å². The Morgan fingerprint density at radius 2 is 1.82 bits per heavy atom. The van der Waals surface area contributed by atoms with Crippen LogP contribution in [0, 0.1) is 6.92 Å². The molecule has 0 unspecified atom stereocenters.